The van der Waals surface area contributed by atoms with Crippen molar-refractivity contribution in [2.75, 3.05) is 0 Å². The largest absolute Gasteiger partial charge is 0.299 e. The maximum Gasteiger partial charge on any atom is 0.141 e. The summed E-state index contributed by atoms with van der Waals surface area (Å²) in [5, 5.41) is 0. The summed E-state index contributed by atoms with van der Waals surface area (Å²) >= 11 is 0. The third-order valence-electron chi connectivity index (χ3n) is 2.43. The minimum atomic E-state index is -0.364. The van der Waals surface area contributed by atoms with Gasteiger partial charge in [-0.05, 0) is 24.5 Å². The minimum absolute atomic E-state index is 0.108. The van der Waals surface area contributed by atoms with E-state index in [1.54, 1.807) is 6.20 Å². The lowest BCUT2D eigenvalue weighted by Gasteiger charge is -2.06. The molecule has 68 valence electrons. The van der Waals surface area contributed by atoms with Crippen LogP contribution >= 0.6 is 0 Å². The molecule has 2 nitrogen and oxygen atoms in total. The maximum atomic E-state index is 12.8. The number of aromatic nitrogens is 1. The van der Waals surface area contributed by atoms with Crippen molar-refractivity contribution in [1.29, 1.82) is 0 Å². The van der Waals surface area contributed by atoms with Gasteiger partial charge in [0.25, 0.3) is 0 Å². The van der Waals surface area contributed by atoms with Crippen molar-refractivity contribution in [3.63, 3.8) is 0 Å². The molecular formula is C10H10FNO. The van der Waals surface area contributed by atoms with Crippen LogP contribution in [0.1, 0.15) is 30.7 Å². The molecule has 1 aromatic heterocycles. The van der Waals surface area contributed by atoms with Gasteiger partial charge in [-0.15, -0.1) is 0 Å². The van der Waals surface area contributed by atoms with Gasteiger partial charge in [0, 0.05) is 18.5 Å². The second-order valence-corrected chi connectivity index (χ2v) is 3.35. The van der Waals surface area contributed by atoms with Gasteiger partial charge in [-0.1, -0.05) is 0 Å². The quantitative estimate of drug-likeness (QED) is 0.660. The second kappa shape index (κ2) is 3.24. The van der Waals surface area contributed by atoms with Crippen molar-refractivity contribution >= 4 is 5.78 Å². The van der Waals surface area contributed by atoms with Crippen LogP contribution in [0.5, 0.6) is 0 Å². The Morgan fingerprint density at radius 3 is 2.92 bits per heavy atom. The number of rotatable bonds is 1. The van der Waals surface area contributed by atoms with Crippen LogP contribution in [0.2, 0.25) is 0 Å². The van der Waals surface area contributed by atoms with E-state index < -0.39 is 0 Å². The van der Waals surface area contributed by atoms with Crippen molar-refractivity contribution in [3.05, 3.63) is 29.8 Å². The highest BCUT2D eigenvalue weighted by Crippen LogP contribution is 2.30. The first-order valence-electron chi connectivity index (χ1n) is 4.40. The number of pyridine rings is 1. The van der Waals surface area contributed by atoms with E-state index in [-0.39, 0.29) is 17.5 Å². The maximum absolute atomic E-state index is 12.8. The number of carbonyl (C=O) groups excluding carboxylic acids is 1. The highest BCUT2D eigenvalue weighted by atomic mass is 19.1. The van der Waals surface area contributed by atoms with Crippen LogP contribution in [0.25, 0.3) is 0 Å². The molecule has 0 radical (unpaired) electrons. The zero-order valence-corrected chi connectivity index (χ0v) is 7.16. The van der Waals surface area contributed by atoms with Gasteiger partial charge in [0.1, 0.15) is 11.6 Å². The fourth-order valence-corrected chi connectivity index (χ4v) is 1.79. The van der Waals surface area contributed by atoms with Crippen LogP contribution in [0.3, 0.4) is 0 Å². The lowest BCUT2D eigenvalue weighted by atomic mass is 9.99. The van der Waals surface area contributed by atoms with Crippen LogP contribution in [0.4, 0.5) is 4.39 Å². The highest BCUT2D eigenvalue weighted by molar-refractivity contribution is 5.87. The van der Waals surface area contributed by atoms with Gasteiger partial charge >= 0.3 is 0 Å². The smallest absolute Gasteiger partial charge is 0.141 e. The second-order valence-electron chi connectivity index (χ2n) is 3.35. The average Bonchev–Trinajstić information content (AvgIpc) is 2.51. The minimum Gasteiger partial charge on any atom is -0.299 e. The van der Waals surface area contributed by atoms with Crippen LogP contribution in [0.15, 0.2) is 18.5 Å². The Hall–Kier alpha value is -1.25. The summed E-state index contributed by atoms with van der Waals surface area (Å²) in [5.41, 5.74) is 0.725. The summed E-state index contributed by atoms with van der Waals surface area (Å²) < 4.78 is 12.8. The summed E-state index contributed by atoms with van der Waals surface area (Å²) in [6.45, 7) is 0. The van der Waals surface area contributed by atoms with Crippen LogP contribution in [-0.2, 0) is 4.79 Å². The monoisotopic (exact) mass is 179 g/mol. The number of ketones is 1. The molecule has 3 heteroatoms. The summed E-state index contributed by atoms with van der Waals surface area (Å²) in [5.74, 6) is -0.257. The molecule has 2 rings (SSSR count). The van der Waals surface area contributed by atoms with Crippen LogP contribution in [0, 0.1) is 5.82 Å². The van der Waals surface area contributed by atoms with E-state index >= 15 is 0 Å². The SMILES string of the molecule is O=C1CCCC1c1cncc(F)c1. The highest BCUT2D eigenvalue weighted by Gasteiger charge is 2.26. The lowest BCUT2D eigenvalue weighted by Crippen LogP contribution is -2.04. The summed E-state index contributed by atoms with van der Waals surface area (Å²) in [7, 11) is 0. The summed E-state index contributed by atoms with van der Waals surface area (Å²) in [6, 6.07) is 1.40. The molecule has 1 saturated carbocycles. The van der Waals surface area contributed by atoms with Gasteiger partial charge in [-0.2, -0.15) is 0 Å². The number of carbonyl (C=O) groups is 1. The molecule has 1 aliphatic carbocycles. The fourth-order valence-electron chi connectivity index (χ4n) is 1.79. The number of hydrogen-bond acceptors (Lipinski definition) is 2. The molecule has 1 fully saturated rings. The van der Waals surface area contributed by atoms with E-state index in [9.17, 15) is 9.18 Å². The Kier molecular flexibility index (Phi) is 2.08. The molecule has 0 saturated heterocycles. The first-order chi connectivity index (χ1) is 6.27. The van der Waals surface area contributed by atoms with Crippen LogP contribution in [-0.4, -0.2) is 10.8 Å². The predicted molar refractivity (Wildman–Crippen MR) is 45.8 cm³/mol. The first-order valence-corrected chi connectivity index (χ1v) is 4.40. The molecule has 1 aromatic rings. The van der Waals surface area contributed by atoms with Gasteiger partial charge in [-0.25, -0.2) is 4.39 Å². The Balaban J connectivity index is 2.29. The standard InChI is InChI=1S/C10H10FNO/c11-8-4-7(5-12-6-8)9-2-1-3-10(9)13/h4-6,9H,1-3H2. The molecule has 1 unspecified atom stereocenters. The van der Waals surface area contributed by atoms with Gasteiger partial charge in [0.05, 0.1) is 6.20 Å². The van der Waals surface area contributed by atoms with Gasteiger partial charge < -0.3 is 0 Å². The number of hydrogen-bond donors (Lipinski definition) is 0. The fraction of sp³-hybridized carbons (Fsp3) is 0.400. The molecule has 0 aliphatic heterocycles. The van der Waals surface area contributed by atoms with Crippen LogP contribution < -0.4 is 0 Å². The normalized spacial score (nSPS) is 22.2. The Morgan fingerprint density at radius 1 is 1.46 bits per heavy atom. The molecule has 0 aromatic carbocycles. The molecule has 0 bridgehead atoms. The number of Topliss-reactive ketones (excluding diaryl/α,β-unsaturated/α-hetero) is 1. The third kappa shape index (κ3) is 1.59. The molecule has 1 aliphatic rings. The Morgan fingerprint density at radius 2 is 2.31 bits per heavy atom. The third-order valence-corrected chi connectivity index (χ3v) is 2.43. The van der Waals surface area contributed by atoms with Crippen molar-refractivity contribution in [2.24, 2.45) is 0 Å². The molecule has 13 heavy (non-hydrogen) atoms. The Labute approximate surface area is 75.8 Å². The van der Waals surface area contributed by atoms with Crippen molar-refractivity contribution < 1.29 is 9.18 Å². The van der Waals surface area contributed by atoms with E-state index in [0.29, 0.717) is 6.42 Å². The van der Waals surface area contributed by atoms with Crippen molar-refractivity contribution in [2.45, 2.75) is 25.2 Å². The van der Waals surface area contributed by atoms with Gasteiger partial charge in [0.2, 0.25) is 0 Å². The van der Waals surface area contributed by atoms with E-state index in [2.05, 4.69) is 4.98 Å². The number of nitrogens with zero attached hydrogens (tertiary/aromatic N) is 1. The summed E-state index contributed by atoms with van der Waals surface area (Å²) in [4.78, 5) is 15.1. The first kappa shape index (κ1) is 8.35. The zero-order chi connectivity index (χ0) is 9.26. The topological polar surface area (TPSA) is 30.0 Å². The summed E-state index contributed by atoms with van der Waals surface area (Å²) in [6.07, 6.45) is 5.12. The van der Waals surface area contributed by atoms with E-state index in [4.69, 9.17) is 0 Å². The average molecular weight is 179 g/mol. The van der Waals surface area contributed by atoms with Gasteiger partial charge in [-0.3, -0.25) is 9.78 Å². The number of halogens is 1. The van der Waals surface area contributed by atoms with Crippen molar-refractivity contribution in [1.82, 2.24) is 4.98 Å². The predicted octanol–water partition coefficient (Wildman–Crippen LogP) is 2.06. The lowest BCUT2D eigenvalue weighted by molar-refractivity contribution is -0.118. The molecule has 0 amide bonds. The molecular weight excluding hydrogens is 169 g/mol. The van der Waals surface area contributed by atoms with E-state index in [0.717, 1.165) is 24.6 Å². The molecule has 1 heterocycles. The van der Waals surface area contributed by atoms with Crippen molar-refractivity contribution in [3.8, 4) is 0 Å². The molecule has 0 spiro atoms. The van der Waals surface area contributed by atoms with E-state index in [1.165, 1.54) is 6.07 Å². The molecule has 0 N–H and O–H groups in total. The Bertz CT molecular complexity index is 337. The molecule has 1 atom stereocenters. The van der Waals surface area contributed by atoms with E-state index in [1.807, 2.05) is 0 Å². The zero-order valence-electron chi connectivity index (χ0n) is 7.16. The van der Waals surface area contributed by atoms with Gasteiger partial charge in [0.15, 0.2) is 0 Å².